The Hall–Kier alpha value is -4.19. The molecule has 0 bridgehead atoms. The minimum absolute atomic E-state index is 0.0243. The number of fused-ring (bicyclic) bond motifs is 1. The fourth-order valence-corrected chi connectivity index (χ4v) is 4.47. The normalized spacial score (nSPS) is 14.7. The Morgan fingerprint density at radius 3 is 2.52 bits per heavy atom. The van der Waals surface area contributed by atoms with Crippen LogP contribution in [0.3, 0.4) is 0 Å². The van der Waals surface area contributed by atoms with Gasteiger partial charge in [0.15, 0.2) is 5.82 Å². The summed E-state index contributed by atoms with van der Waals surface area (Å²) in [6, 6.07) is 14.0. The molecule has 12 heteroatoms. The molecule has 1 aliphatic heterocycles. The molecule has 0 aromatic heterocycles. The summed E-state index contributed by atoms with van der Waals surface area (Å²) in [5.74, 6) is -4.92. The Labute approximate surface area is 186 Å². The number of amides is 2. The van der Waals surface area contributed by atoms with Crippen LogP contribution in [0.4, 0.5) is 15.8 Å². The first-order valence-corrected chi connectivity index (χ1v) is 10.9. The lowest BCUT2D eigenvalue weighted by atomic mass is 10.1. The molecule has 170 valence electrons. The molecule has 1 saturated heterocycles. The zero-order valence-electron chi connectivity index (χ0n) is 16.7. The second-order valence-corrected chi connectivity index (χ2v) is 8.64. The molecular weight excluding hydrogens is 457 g/mol. The second kappa shape index (κ2) is 8.39. The highest BCUT2D eigenvalue weighted by molar-refractivity contribution is 7.92. The van der Waals surface area contributed by atoms with E-state index in [9.17, 15) is 22.8 Å². The molecule has 3 aromatic rings. The average molecular weight is 473 g/mol. The zero-order chi connectivity index (χ0) is 23.8. The van der Waals surface area contributed by atoms with Crippen molar-refractivity contribution in [2.24, 2.45) is 0 Å². The van der Waals surface area contributed by atoms with Gasteiger partial charge in [-0.3, -0.25) is 9.59 Å². The largest absolute Gasteiger partial charge is 0.487 e. The van der Waals surface area contributed by atoms with E-state index < -0.39 is 46.0 Å². The summed E-state index contributed by atoms with van der Waals surface area (Å²) in [5, 5.41) is 11.1. The van der Waals surface area contributed by atoms with Crippen LogP contribution in [0.1, 0.15) is 5.56 Å². The van der Waals surface area contributed by atoms with Gasteiger partial charge in [0.1, 0.15) is 24.6 Å². The number of ether oxygens (including phenoxy) is 1. The lowest BCUT2D eigenvalue weighted by molar-refractivity contribution is -0.147. The number of hydrogen-bond acceptors (Lipinski definition) is 6. The number of rotatable bonds is 5. The smallest absolute Gasteiger partial charge is 0.394 e. The molecule has 1 fully saturated rings. The summed E-state index contributed by atoms with van der Waals surface area (Å²) in [5.41, 5.74) is 0.366. The molecule has 10 nitrogen and oxygen atoms in total. The molecule has 0 unspecified atom stereocenters. The first-order chi connectivity index (χ1) is 15.7. The van der Waals surface area contributed by atoms with E-state index >= 15 is 4.39 Å². The van der Waals surface area contributed by atoms with Crippen LogP contribution in [0.25, 0.3) is 10.8 Å². The molecule has 1 heterocycles. The van der Waals surface area contributed by atoms with Crippen LogP contribution >= 0.6 is 0 Å². The van der Waals surface area contributed by atoms with Crippen molar-refractivity contribution >= 4 is 50.1 Å². The van der Waals surface area contributed by atoms with Gasteiger partial charge in [0.25, 0.3) is 5.91 Å². The standard InChI is InChI=1S/C21H16FN3O7S/c22-18-15-7-6-14(23-20(27)21(28)29)8-13(15)9-16(32-11-12-4-2-1-3-5-12)19(18)25-10-17(26)24-33(25,30)31/h1-9H,10-11H2,(H,23,27)(H,24,26)(H,28,29). The Kier molecular flexibility index (Phi) is 5.60. The van der Waals surface area contributed by atoms with Crippen molar-refractivity contribution < 1.29 is 37.0 Å². The topological polar surface area (TPSA) is 142 Å². The van der Waals surface area contributed by atoms with E-state index in [1.165, 1.54) is 24.3 Å². The number of hydrogen-bond donors (Lipinski definition) is 3. The number of carboxylic acids is 1. The molecule has 3 aromatic carbocycles. The van der Waals surface area contributed by atoms with Crippen molar-refractivity contribution in [2.45, 2.75) is 6.61 Å². The van der Waals surface area contributed by atoms with Crippen LogP contribution in [0, 0.1) is 5.82 Å². The van der Waals surface area contributed by atoms with Gasteiger partial charge in [-0.2, -0.15) is 8.42 Å². The first kappa shape index (κ1) is 22.0. The van der Waals surface area contributed by atoms with Gasteiger partial charge in [0.05, 0.1) is 0 Å². The van der Waals surface area contributed by atoms with Crippen molar-refractivity contribution in [3.63, 3.8) is 0 Å². The monoisotopic (exact) mass is 473 g/mol. The fourth-order valence-electron chi connectivity index (χ4n) is 3.31. The van der Waals surface area contributed by atoms with Crippen LogP contribution < -0.4 is 19.1 Å². The van der Waals surface area contributed by atoms with Crippen molar-refractivity contribution in [1.29, 1.82) is 0 Å². The van der Waals surface area contributed by atoms with Crippen LogP contribution in [0.2, 0.25) is 0 Å². The molecular formula is C21H16FN3O7S. The number of carbonyl (C=O) groups excluding carboxylic acids is 2. The average Bonchev–Trinajstić information content (AvgIpc) is 3.04. The van der Waals surface area contributed by atoms with Gasteiger partial charge in [-0.1, -0.05) is 30.3 Å². The van der Waals surface area contributed by atoms with Crippen molar-refractivity contribution in [2.75, 3.05) is 16.2 Å². The maximum atomic E-state index is 15.6. The quantitative estimate of drug-likeness (QED) is 0.479. The second-order valence-electron chi connectivity index (χ2n) is 7.04. The third kappa shape index (κ3) is 4.41. The minimum Gasteiger partial charge on any atom is -0.487 e. The Balaban J connectivity index is 1.82. The van der Waals surface area contributed by atoms with Crippen molar-refractivity contribution in [3.05, 3.63) is 66.0 Å². The van der Waals surface area contributed by atoms with Gasteiger partial charge in [-0.15, -0.1) is 0 Å². The highest BCUT2D eigenvalue weighted by Gasteiger charge is 2.38. The summed E-state index contributed by atoms with van der Waals surface area (Å²) in [7, 11) is -4.33. The number of nitrogens with one attached hydrogen (secondary N) is 2. The van der Waals surface area contributed by atoms with Crippen LogP contribution in [0.15, 0.2) is 54.6 Å². The molecule has 0 saturated carbocycles. The zero-order valence-corrected chi connectivity index (χ0v) is 17.6. The van der Waals surface area contributed by atoms with E-state index in [0.717, 1.165) is 5.56 Å². The number of carbonyl (C=O) groups is 3. The van der Waals surface area contributed by atoms with E-state index in [-0.39, 0.29) is 28.8 Å². The number of halogens is 1. The minimum atomic E-state index is -4.33. The van der Waals surface area contributed by atoms with E-state index in [2.05, 4.69) is 5.32 Å². The molecule has 33 heavy (non-hydrogen) atoms. The van der Waals surface area contributed by atoms with Gasteiger partial charge in [0, 0.05) is 11.1 Å². The number of carboxylic acid groups (broad SMARTS) is 1. The molecule has 3 N–H and O–H groups in total. The predicted molar refractivity (Wildman–Crippen MR) is 115 cm³/mol. The summed E-state index contributed by atoms with van der Waals surface area (Å²) >= 11 is 0. The molecule has 0 atom stereocenters. The summed E-state index contributed by atoms with van der Waals surface area (Å²) < 4.78 is 48.5. The number of anilines is 2. The summed E-state index contributed by atoms with van der Waals surface area (Å²) in [6.07, 6.45) is 0. The van der Waals surface area contributed by atoms with Crippen LogP contribution in [0.5, 0.6) is 5.75 Å². The van der Waals surface area contributed by atoms with Crippen LogP contribution in [-0.2, 0) is 31.2 Å². The maximum Gasteiger partial charge on any atom is 0.394 e. The van der Waals surface area contributed by atoms with Crippen molar-refractivity contribution in [1.82, 2.24) is 4.72 Å². The van der Waals surface area contributed by atoms with E-state index in [1.807, 2.05) is 0 Å². The highest BCUT2D eigenvalue weighted by atomic mass is 32.2. The van der Waals surface area contributed by atoms with Gasteiger partial charge >= 0.3 is 22.1 Å². The molecule has 2 amide bonds. The van der Waals surface area contributed by atoms with Crippen LogP contribution in [-0.4, -0.2) is 37.9 Å². The lowest BCUT2D eigenvalue weighted by Crippen LogP contribution is -2.30. The third-order valence-corrected chi connectivity index (χ3v) is 6.15. The predicted octanol–water partition coefficient (Wildman–Crippen LogP) is 1.76. The van der Waals surface area contributed by atoms with E-state index in [4.69, 9.17) is 9.84 Å². The first-order valence-electron chi connectivity index (χ1n) is 9.46. The molecule has 0 spiro atoms. The Bertz CT molecular complexity index is 1390. The number of benzene rings is 3. The maximum absolute atomic E-state index is 15.6. The Morgan fingerprint density at radius 2 is 1.88 bits per heavy atom. The number of nitrogens with zero attached hydrogens (tertiary/aromatic N) is 1. The molecule has 4 rings (SSSR count). The number of aliphatic carboxylic acids is 1. The van der Waals surface area contributed by atoms with E-state index in [0.29, 0.717) is 4.31 Å². The summed E-state index contributed by atoms with van der Waals surface area (Å²) in [6.45, 7) is -0.650. The third-order valence-electron chi connectivity index (χ3n) is 4.77. The van der Waals surface area contributed by atoms with Gasteiger partial charge in [-0.25, -0.2) is 18.2 Å². The van der Waals surface area contributed by atoms with E-state index in [1.54, 1.807) is 35.1 Å². The highest BCUT2D eigenvalue weighted by Crippen LogP contribution is 2.40. The van der Waals surface area contributed by atoms with Crippen molar-refractivity contribution in [3.8, 4) is 5.75 Å². The summed E-state index contributed by atoms with van der Waals surface area (Å²) in [4.78, 5) is 34.0. The Morgan fingerprint density at radius 1 is 1.15 bits per heavy atom. The van der Waals surface area contributed by atoms with Gasteiger partial charge in [0.2, 0.25) is 0 Å². The van der Waals surface area contributed by atoms with Gasteiger partial charge < -0.3 is 15.2 Å². The lowest BCUT2D eigenvalue weighted by Gasteiger charge is -2.21. The van der Waals surface area contributed by atoms with Gasteiger partial charge in [-0.05, 0) is 35.2 Å². The molecule has 0 aliphatic carbocycles. The fraction of sp³-hybridized carbons (Fsp3) is 0.0952. The SMILES string of the molecule is O=C1CN(c2c(OCc3ccccc3)cc3cc(NC(=O)C(=O)O)ccc3c2F)S(=O)(=O)N1. The molecule has 0 radical (unpaired) electrons. The molecule has 1 aliphatic rings.